The lowest BCUT2D eigenvalue weighted by Gasteiger charge is -2.32. The molecule has 1 aromatic heterocycles. The van der Waals surface area contributed by atoms with Crippen molar-refractivity contribution in [3.8, 4) is 0 Å². The van der Waals surface area contributed by atoms with Crippen molar-refractivity contribution in [2.24, 2.45) is 5.92 Å². The second-order valence-electron chi connectivity index (χ2n) is 6.38. The Morgan fingerprint density at radius 1 is 1.26 bits per heavy atom. The highest BCUT2D eigenvalue weighted by atomic mass is 16.5. The Kier molecular flexibility index (Phi) is 5.33. The second kappa shape index (κ2) is 7.64. The van der Waals surface area contributed by atoms with Crippen LogP contribution in [0.4, 0.5) is 0 Å². The van der Waals surface area contributed by atoms with Crippen LogP contribution in [-0.2, 0) is 9.53 Å². The third-order valence-electron chi connectivity index (χ3n) is 4.68. The van der Waals surface area contributed by atoms with Crippen LogP contribution in [0.3, 0.4) is 0 Å². The van der Waals surface area contributed by atoms with E-state index in [1.165, 1.54) is 6.26 Å². The predicted octanol–water partition coefficient (Wildman–Crippen LogP) is 1.82. The molecule has 0 spiro atoms. The van der Waals surface area contributed by atoms with Crippen LogP contribution in [0.25, 0.3) is 0 Å². The van der Waals surface area contributed by atoms with E-state index < -0.39 is 0 Å². The van der Waals surface area contributed by atoms with Gasteiger partial charge >= 0.3 is 0 Å². The fourth-order valence-corrected chi connectivity index (χ4v) is 3.23. The van der Waals surface area contributed by atoms with Gasteiger partial charge in [-0.25, -0.2) is 0 Å². The molecule has 2 fully saturated rings. The number of piperidine rings is 1. The first-order valence-corrected chi connectivity index (χ1v) is 8.42. The Balaban J connectivity index is 1.37. The molecule has 0 radical (unpaired) electrons. The van der Waals surface area contributed by atoms with E-state index in [0.29, 0.717) is 31.2 Å². The van der Waals surface area contributed by atoms with Crippen LogP contribution in [0, 0.1) is 5.92 Å². The average Bonchev–Trinajstić information content (AvgIpc) is 3.26. The number of hydrogen-bond donors (Lipinski definition) is 1. The van der Waals surface area contributed by atoms with E-state index in [0.717, 1.165) is 38.9 Å². The normalized spacial score (nSPS) is 22.3. The molecule has 2 aliphatic heterocycles. The van der Waals surface area contributed by atoms with Gasteiger partial charge in [-0.2, -0.15) is 0 Å². The van der Waals surface area contributed by atoms with Crippen molar-refractivity contribution in [1.29, 1.82) is 0 Å². The van der Waals surface area contributed by atoms with Crippen LogP contribution in [0.15, 0.2) is 22.8 Å². The molecule has 6 heteroatoms. The number of furan rings is 1. The summed E-state index contributed by atoms with van der Waals surface area (Å²) in [6, 6.07) is 3.57. The number of nitrogens with zero attached hydrogens (tertiary/aromatic N) is 1. The third-order valence-corrected chi connectivity index (χ3v) is 4.68. The van der Waals surface area contributed by atoms with Crippen molar-refractivity contribution < 1.29 is 18.7 Å². The third kappa shape index (κ3) is 4.34. The predicted molar refractivity (Wildman–Crippen MR) is 83.9 cm³/mol. The maximum absolute atomic E-state index is 12.2. The smallest absolute Gasteiger partial charge is 0.289 e. The highest BCUT2D eigenvalue weighted by Crippen LogP contribution is 2.18. The molecule has 2 amide bonds. The molecule has 0 aromatic carbocycles. The molecule has 1 aromatic rings. The standard InChI is InChI=1S/C17H24N2O4/c20-16(4-3-13-7-11-22-12-13)18-14-5-8-19(9-6-14)17(21)15-2-1-10-23-15/h1-2,10,13-14H,3-9,11-12H2,(H,18,20). The first-order chi connectivity index (χ1) is 11.2. The number of rotatable bonds is 5. The van der Waals surface area contributed by atoms with Crippen molar-refractivity contribution in [2.45, 2.75) is 38.1 Å². The van der Waals surface area contributed by atoms with Gasteiger partial charge in [0.1, 0.15) is 0 Å². The zero-order chi connectivity index (χ0) is 16.1. The summed E-state index contributed by atoms with van der Waals surface area (Å²) in [6.45, 7) is 2.93. The van der Waals surface area contributed by atoms with Gasteiger partial charge in [-0.05, 0) is 43.7 Å². The molecule has 3 heterocycles. The van der Waals surface area contributed by atoms with E-state index >= 15 is 0 Å². The van der Waals surface area contributed by atoms with Crippen LogP contribution < -0.4 is 5.32 Å². The quantitative estimate of drug-likeness (QED) is 0.898. The molecule has 23 heavy (non-hydrogen) atoms. The van der Waals surface area contributed by atoms with E-state index in [1.54, 1.807) is 17.0 Å². The van der Waals surface area contributed by atoms with Gasteiger partial charge < -0.3 is 19.4 Å². The first-order valence-electron chi connectivity index (χ1n) is 8.42. The van der Waals surface area contributed by atoms with Crippen LogP contribution >= 0.6 is 0 Å². The molecule has 1 atom stereocenters. The largest absolute Gasteiger partial charge is 0.459 e. The van der Waals surface area contributed by atoms with E-state index in [2.05, 4.69) is 5.32 Å². The Hall–Kier alpha value is -1.82. The summed E-state index contributed by atoms with van der Waals surface area (Å²) in [6.07, 6.45) is 5.65. The minimum absolute atomic E-state index is 0.0685. The molecule has 3 rings (SSSR count). The lowest BCUT2D eigenvalue weighted by Crippen LogP contribution is -2.46. The molecule has 0 bridgehead atoms. The zero-order valence-corrected chi connectivity index (χ0v) is 13.3. The van der Waals surface area contributed by atoms with Crippen LogP contribution in [-0.4, -0.2) is 49.1 Å². The average molecular weight is 320 g/mol. The number of carbonyl (C=O) groups is 2. The highest BCUT2D eigenvalue weighted by Gasteiger charge is 2.26. The maximum atomic E-state index is 12.2. The van der Waals surface area contributed by atoms with Crippen LogP contribution in [0.1, 0.15) is 42.7 Å². The number of ether oxygens (including phenoxy) is 1. The topological polar surface area (TPSA) is 71.8 Å². The monoisotopic (exact) mass is 320 g/mol. The lowest BCUT2D eigenvalue weighted by atomic mass is 10.0. The SMILES string of the molecule is O=C(CCC1CCOC1)NC1CCN(C(=O)c2ccco2)CC1. The van der Waals surface area contributed by atoms with E-state index in [9.17, 15) is 9.59 Å². The molecule has 2 saturated heterocycles. The maximum Gasteiger partial charge on any atom is 0.289 e. The summed E-state index contributed by atoms with van der Waals surface area (Å²) in [5.74, 6) is 0.966. The van der Waals surface area contributed by atoms with Crippen molar-refractivity contribution in [3.05, 3.63) is 24.2 Å². The summed E-state index contributed by atoms with van der Waals surface area (Å²) in [4.78, 5) is 26.0. The van der Waals surface area contributed by atoms with Gasteiger partial charge in [-0.1, -0.05) is 0 Å². The molecular weight excluding hydrogens is 296 g/mol. The number of nitrogens with one attached hydrogen (secondary N) is 1. The minimum Gasteiger partial charge on any atom is -0.459 e. The summed E-state index contributed by atoms with van der Waals surface area (Å²) in [5.41, 5.74) is 0. The Morgan fingerprint density at radius 2 is 2.09 bits per heavy atom. The Labute approximate surface area is 136 Å². The van der Waals surface area contributed by atoms with Crippen molar-refractivity contribution in [1.82, 2.24) is 10.2 Å². The van der Waals surface area contributed by atoms with E-state index in [4.69, 9.17) is 9.15 Å². The summed E-state index contributed by atoms with van der Waals surface area (Å²) in [7, 11) is 0. The van der Waals surface area contributed by atoms with Crippen molar-refractivity contribution >= 4 is 11.8 Å². The van der Waals surface area contributed by atoms with Gasteiger partial charge in [0, 0.05) is 38.8 Å². The number of likely N-dealkylation sites (tertiary alicyclic amines) is 1. The van der Waals surface area contributed by atoms with E-state index in [-0.39, 0.29) is 17.9 Å². The zero-order valence-electron chi connectivity index (χ0n) is 13.3. The Bertz CT molecular complexity index is 515. The van der Waals surface area contributed by atoms with Gasteiger partial charge in [0.2, 0.25) is 5.91 Å². The molecule has 126 valence electrons. The lowest BCUT2D eigenvalue weighted by molar-refractivity contribution is -0.122. The summed E-state index contributed by atoms with van der Waals surface area (Å²) < 4.78 is 10.5. The Morgan fingerprint density at radius 3 is 2.74 bits per heavy atom. The van der Waals surface area contributed by atoms with Gasteiger partial charge in [-0.3, -0.25) is 9.59 Å². The fraction of sp³-hybridized carbons (Fsp3) is 0.647. The van der Waals surface area contributed by atoms with Crippen molar-refractivity contribution in [2.75, 3.05) is 26.3 Å². The highest BCUT2D eigenvalue weighted by molar-refractivity contribution is 5.91. The van der Waals surface area contributed by atoms with Crippen molar-refractivity contribution in [3.63, 3.8) is 0 Å². The number of carbonyl (C=O) groups excluding carboxylic acids is 2. The molecule has 2 aliphatic rings. The van der Waals surface area contributed by atoms with Crippen LogP contribution in [0.5, 0.6) is 0 Å². The first kappa shape index (κ1) is 16.1. The van der Waals surface area contributed by atoms with Gasteiger partial charge in [0.05, 0.1) is 6.26 Å². The fourth-order valence-electron chi connectivity index (χ4n) is 3.23. The summed E-state index contributed by atoms with van der Waals surface area (Å²) in [5, 5.41) is 3.10. The molecule has 0 saturated carbocycles. The summed E-state index contributed by atoms with van der Waals surface area (Å²) >= 11 is 0. The van der Waals surface area contributed by atoms with Gasteiger partial charge in [0.25, 0.3) is 5.91 Å². The van der Waals surface area contributed by atoms with Crippen LogP contribution in [0.2, 0.25) is 0 Å². The number of hydrogen-bond acceptors (Lipinski definition) is 4. The minimum atomic E-state index is -0.0685. The molecule has 0 aliphatic carbocycles. The molecular formula is C17H24N2O4. The molecule has 6 nitrogen and oxygen atoms in total. The van der Waals surface area contributed by atoms with E-state index in [1.807, 2.05) is 0 Å². The molecule has 1 unspecified atom stereocenters. The number of amides is 2. The second-order valence-corrected chi connectivity index (χ2v) is 6.38. The van der Waals surface area contributed by atoms with Gasteiger partial charge in [0.15, 0.2) is 5.76 Å². The molecule has 1 N–H and O–H groups in total. The van der Waals surface area contributed by atoms with Gasteiger partial charge in [-0.15, -0.1) is 0 Å².